The molecule has 3 rings (SSSR count). The van der Waals surface area contributed by atoms with E-state index in [0.717, 1.165) is 6.42 Å². The van der Waals surface area contributed by atoms with Gasteiger partial charge in [0, 0.05) is 19.6 Å². The molecule has 1 saturated carbocycles. The van der Waals surface area contributed by atoms with Gasteiger partial charge in [0.25, 0.3) is 0 Å². The summed E-state index contributed by atoms with van der Waals surface area (Å²) in [4.78, 5) is 12.2. The van der Waals surface area contributed by atoms with Crippen LogP contribution in [0.1, 0.15) is 17.9 Å². The summed E-state index contributed by atoms with van der Waals surface area (Å²) in [5.74, 6) is 0.319. The smallest absolute Gasteiger partial charge is 0.223 e. The summed E-state index contributed by atoms with van der Waals surface area (Å²) in [6, 6.07) is 14.5. The predicted molar refractivity (Wildman–Crippen MR) is 85.7 cm³/mol. The van der Waals surface area contributed by atoms with Crippen molar-refractivity contribution in [1.82, 2.24) is 5.32 Å². The summed E-state index contributed by atoms with van der Waals surface area (Å²) in [6.07, 6.45) is 0.226. The average molecular weight is 299 g/mol. The molecule has 0 heterocycles. The van der Waals surface area contributed by atoms with Crippen LogP contribution in [0.5, 0.6) is 0 Å². The van der Waals surface area contributed by atoms with Crippen LogP contribution < -0.4 is 5.32 Å². The van der Waals surface area contributed by atoms with Crippen molar-refractivity contribution in [2.24, 2.45) is 5.92 Å². The van der Waals surface area contributed by atoms with Crippen LogP contribution in [0.15, 0.2) is 42.5 Å². The van der Waals surface area contributed by atoms with Crippen molar-refractivity contribution in [3.63, 3.8) is 0 Å². The number of ether oxygens (including phenoxy) is 1. The van der Waals surface area contributed by atoms with Gasteiger partial charge in [-0.05, 0) is 28.7 Å². The maximum absolute atomic E-state index is 12.2. The van der Waals surface area contributed by atoms with Crippen LogP contribution in [0.2, 0.25) is 0 Å². The number of nitrogens with one attached hydrogen (secondary N) is 1. The quantitative estimate of drug-likeness (QED) is 0.858. The van der Waals surface area contributed by atoms with Gasteiger partial charge in [-0.1, -0.05) is 42.5 Å². The molecular formula is C18H21NO3. The lowest BCUT2D eigenvalue weighted by atomic mass is 10.00. The summed E-state index contributed by atoms with van der Waals surface area (Å²) in [5.41, 5.74) is 1.25. The first kappa shape index (κ1) is 15.0. The molecule has 0 saturated heterocycles. The Labute approximate surface area is 130 Å². The molecule has 3 atom stereocenters. The Balaban J connectivity index is 1.65. The maximum atomic E-state index is 12.2. The Morgan fingerprint density at radius 1 is 1.32 bits per heavy atom. The van der Waals surface area contributed by atoms with Gasteiger partial charge in [-0.2, -0.15) is 0 Å². The van der Waals surface area contributed by atoms with Crippen LogP contribution in [0, 0.1) is 5.92 Å². The number of methoxy groups -OCH3 is 1. The SMILES string of the molecule is COCC(O)CNC(=O)C1CC1c1cccc2ccccc12. The van der Waals surface area contributed by atoms with Gasteiger partial charge in [0.15, 0.2) is 0 Å². The molecule has 4 heteroatoms. The third-order valence-electron chi connectivity index (χ3n) is 4.22. The van der Waals surface area contributed by atoms with E-state index in [4.69, 9.17) is 4.74 Å². The van der Waals surface area contributed by atoms with Crippen molar-refractivity contribution in [1.29, 1.82) is 0 Å². The van der Waals surface area contributed by atoms with Gasteiger partial charge in [0.1, 0.15) is 0 Å². The lowest BCUT2D eigenvalue weighted by molar-refractivity contribution is -0.123. The molecule has 0 aliphatic heterocycles. The van der Waals surface area contributed by atoms with Crippen molar-refractivity contribution >= 4 is 16.7 Å². The zero-order valence-electron chi connectivity index (χ0n) is 12.7. The predicted octanol–water partition coefficient (Wildman–Crippen LogP) is 2.07. The summed E-state index contributed by atoms with van der Waals surface area (Å²) in [6.45, 7) is 0.475. The third-order valence-corrected chi connectivity index (χ3v) is 4.22. The first-order valence-electron chi connectivity index (χ1n) is 7.63. The van der Waals surface area contributed by atoms with Crippen LogP contribution >= 0.6 is 0 Å². The van der Waals surface area contributed by atoms with Crippen molar-refractivity contribution in [3.05, 3.63) is 48.0 Å². The van der Waals surface area contributed by atoms with Crippen LogP contribution in [0.25, 0.3) is 10.8 Å². The highest BCUT2D eigenvalue weighted by molar-refractivity contribution is 5.89. The van der Waals surface area contributed by atoms with Gasteiger partial charge in [0.2, 0.25) is 5.91 Å². The summed E-state index contributed by atoms with van der Waals surface area (Å²) >= 11 is 0. The second-order valence-corrected chi connectivity index (χ2v) is 5.87. The molecule has 1 aliphatic carbocycles. The highest BCUT2D eigenvalue weighted by Gasteiger charge is 2.44. The number of hydrogen-bond donors (Lipinski definition) is 2. The van der Waals surface area contributed by atoms with E-state index < -0.39 is 6.10 Å². The number of fused-ring (bicyclic) bond motifs is 1. The zero-order chi connectivity index (χ0) is 15.5. The lowest BCUT2D eigenvalue weighted by Gasteiger charge is -2.11. The fourth-order valence-corrected chi connectivity index (χ4v) is 3.00. The average Bonchev–Trinajstić information content (AvgIpc) is 3.33. The van der Waals surface area contributed by atoms with Gasteiger partial charge >= 0.3 is 0 Å². The fraction of sp³-hybridized carbons (Fsp3) is 0.389. The van der Waals surface area contributed by atoms with E-state index in [2.05, 4.69) is 29.6 Å². The van der Waals surface area contributed by atoms with E-state index in [1.165, 1.54) is 23.4 Å². The number of aliphatic hydroxyl groups excluding tert-OH is 1. The van der Waals surface area contributed by atoms with Crippen LogP contribution in [-0.4, -0.2) is 37.4 Å². The highest BCUT2D eigenvalue weighted by atomic mass is 16.5. The summed E-state index contributed by atoms with van der Waals surface area (Å²) in [5, 5.41) is 14.8. The van der Waals surface area contributed by atoms with Crippen molar-refractivity contribution in [2.75, 3.05) is 20.3 Å². The van der Waals surface area contributed by atoms with E-state index in [1.807, 2.05) is 18.2 Å². The standard InChI is InChI=1S/C18H21NO3/c1-22-11-13(20)10-19-18(21)17-9-16(17)15-8-4-6-12-5-2-3-7-14(12)15/h2-8,13,16-17,20H,9-11H2,1H3,(H,19,21). The van der Waals surface area contributed by atoms with E-state index >= 15 is 0 Å². The number of rotatable bonds is 6. The highest BCUT2D eigenvalue weighted by Crippen LogP contribution is 2.49. The minimum atomic E-state index is -0.649. The molecule has 1 fully saturated rings. The van der Waals surface area contributed by atoms with E-state index in [0.29, 0.717) is 0 Å². The van der Waals surface area contributed by atoms with E-state index in [1.54, 1.807) is 0 Å². The second kappa shape index (κ2) is 6.46. The number of carbonyl (C=O) groups is 1. The number of hydrogen-bond acceptors (Lipinski definition) is 3. The van der Waals surface area contributed by atoms with E-state index in [-0.39, 0.29) is 30.9 Å². The van der Waals surface area contributed by atoms with Gasteiger partial charge in [-0.15, -0.1) is 0 Å². The van der Waals surface area contributed by atoms with Gasteiger partial charge in [-0.25, -0.2) is 0 Å². The Bertz CT molecular complexity index is 665. The molecular weight excluding hydrogens is 278 g/mol. The van der Waals surface area contributed by atoms with E-state index in [9.17, 15) is 9.90 Å². The fourth-order valence-electron chi connectivity index (χ4n) is 3.00. The van der Waals surface area contributed by atoms with Crippen molar-refractivity contribution in [3.8, 4) is 0 Å². The van der Waals surface area contributed by atoms with Crippen LogP contribution in [0.3, 0.4) is 0 Å². The topological polar surface area (TPSA) is 58.6 Å². The number of aliphatic hydroxyl groups is 1. The number of benzene rings is 2. The minimum absolute atomic E-state index is 0.0144. The summed E-state index contributed by atoms with van der Waals surface area (Å²) < 4.78 is 4.85. The summed E-state index contributed by atoms with van der Waals surface area (Å²) in [7, 11) is 1.53. The molecule has 2 N–H and O–H groups in total. The normalized spacial score (nSPS) is 21.5. The van der Waals surface area contributed by atoms with Gasteiger partial charge in [-0.3, -0.25) is 4.79 Å². The molecule has 3 unspecified atom stereocenters. The van der Waals surface area contributed by atoms with Crippen LogP contribution in [-0.2, 0) is 9.53 Å². The molecule has 4 nitrogen and oxygen atoms in total. The molecule has 0 bridgehead atoms. The largest absolute Gasteiger partial charge is 0.389 e. The third kappa shape index (κ3) is 3.13. The Morgan fingerprint density at radius 3 is 2.91 bits per heavy atom. The first-order valence-corrected chi connectivity index (χ1v) is 7.63. The minimum Gasteiger partial charge on any atom is -0.389 e. The molecule has 22 heavy (non-hydrogen) atoms. The molecule has 0 spiro atoms. The lowest BCUT2D eigenvalue weighted by Crippen LogP contribution is -2.35. The van der Waals surface area contributed by atoms with Crippen LogP contribution in [0.4, 0.5) is 0 Å². The monoisotopic (exact) mass is 299 g/mol. The molecule has 2 aromatic rings. The molecule has 0 aromatic heterocycles. The van der Waals surface area contributed by atoms with Crippen molar-refractivity contribution in [2.45, 2.75) is 18.4 Å². The molecule has 1 aliphatic rings. The maximum Gasteiger partial charge on any atom is 0.223 e. The Morgan fingerprint density at radius 2 is 2.09 bits per heavy atom. The molecule has 0 radical (unpaired) electrons. The Kier molecular flexibility index (Phi) is 4.41. The van der Waals surface area contributed by atoms with Gasteiger partial charge < -0.3 is 15.2 Å². The Hall–Kier alpha value is -1.91. The molecule has 2 aromatic carbocycles. The number of carbonyl (C=O) groups excluding carboxylic acids is 1. The van der Waals surface area contributed by atoms with Gasteiger partial charge in [0.05, 0.1) is 12.7 Å². The second-order valence-electron chi connectivity index (χ2n) is 5.87. The first-order chi connectivity index (χ1) is 10.7. The van der Waals surface area contributed by atoms with Crippen molar-refractivity contribution < 1.29 is 14.6 Å². The molecule has 1 amide bonds. The zero-order valence-corrected chi connectivity index (χ0v) is 12.7. The number of amides is 1. The molecule has 116 valence electrons.